The summed E-state index contributed by atoms with van der Waals surface area (Å²) in [5.41, 5.74) is 3.17. The van der Waals surface area contributed by atoms with Gasteiger partial charge in [-0.15, -0.1) is 11.3 Å². The van der Waals surface area contributed by atoms with Crippen molar-refractivity contribution < 1.29 is 13.5 Å². The number of nitriles is 1. The van der Waals surface area contributed by atoms with E-state index in [9.17, 15) is 14.0 Å². The Morgan fingerprint density at radius 2 is 2.00 bits per heavy atom. The average Bonchev–Trinajstić information content (AvgIpc) is 3.00. The van der Waals surface area contributed by atoms with E-state index in [4.69, 9.17) is 4.74 Å². The van der Waals surface area contributed by atoms with Crippen LogP contribution in [-0.2, 0) is 11.3 Å². The van der Waals surface area contributed by atoms with Gasteiger partial charge >= 0.3 is 0 Å². The second-order valence-electron chi connectivity index (χ2n) is 6.16. The van der Waals surface area contributed by atoms with Crippen LogP contribution < -0.4 is 0 Å². The lowest BCUT2D eigenvalue weighted by Gasteiger charge is -2.34. The van der Waals surface area contributed by atoms with Crippen LogP contribution in [0.15, 0.2) is 23.7 Å². The molecule has 3 rings (SSSR count). The number of ether oxygens (including phenoxy) is 1. The van der Waals surface area contributed by atoms with E-state index in [1.165, 1.54) is 23.5 Å². The summed E-state index contributed by atoms with van der Waals surface area (Å²) in [6.45, 7) is 3.61. The Kier molecular flexibility index (Phi) is 5.74. The minimum absolute atomic E-state index is 0.0319. The number of likely N-dealkylation sites (tertiary alicyclic amines) is 1. The van der Waals surface area contributed by atoms with Crippen molar-refractivity contribution in [2.24, 2.45) is 0 Å². The summed E-state index contributed by atoms with van der Waals surface area (Å²) in [5.74, 6) is -1.18. The highest BCUT2D eigenvalue weighted by Gasteiger charge is 2.28. The van der Waals surface area contributed by atoms with Gasteiger partial charge in [-0.25, -0.2) is 13.8 Å². The summed E-state index contributed by atoms with van der Waals surface area (Å²) in [4.78, 5) is 7.37. The Hall–Kier alpha value is -1.88. The van der Waals surface area contributed by atoms with E-state index >= 15 is 0 Å². The zero-order chi connectivity index (χ0) is 17.8. The average molecular weight is 363 g/mol. The number of aromatic nitrogens is 1. The fourth-order valence-corrected chi connectivity index (χ4v) is 3.97. The quantitative estimate of drug-likeness (QED) is 0.806. The van der Waals surface area contributed by atoms with E-state index < -0.39 is 11.6 Å². The normalized spacial score (nSPS) is 17.4. The first-order valence-electron chi connectivity index (χ1n) is 8.17. The lowest BCUT2D eigenvalue weighted by molar-refractivity contribution is -0.00692. The number of halogens is 2. The van der Waals surface area contributed by atoms with Crippen molar-refractivity contribution in [3.8, 4) is 6.07 Å². The lowest BCUT2D eigenvalue weighted by Crippen LogP contribution is -2.39. The molecule has 1 aliphatic heterocycles. The third-order valence-electron chi connectivity index (χ3n) is 4.40. The van der Waals surface area contributed by atoms with Gasteiger partial charge in [0.15, 0.2) is 0 Å². The van der Waals surface area contributed by atoms with Crippen LogP contribution in [0.3, 0.4) is 0 Å². The van der Waals surface area contributed by atoms with Crippen molar-refractivity contribution in [3.05, 3.63) is 51.5 Å². The highest BCUT2D eigenvalue weighted by atomic mass is 32.1. The Balaban J connectivity index is 1.53. The highest BCUT2D eigenvalue weighted by Crippen LogP contribution is 2.29. The number of hydrogen-bond acceptors (Lipinski definition) is 5. The van der Waals surface area contributed by atoms with Gasteiger partial charge in [-0.1, -0.05) is 0 Å². The maximum absolute atomic E-state index is 13.2. The molecule has 2 aromatic rings. The first-order valence-corrected chi connectivity index (χ1v) is 9.05. The monoisotopic (exact) mass is 363 g/mol. The summed E-state index contributed by atoms with van der Waals surface area (Å²) in [6, 6.07) is 5.53. The smallest absolute Gasteiger partial charge is 0.134 e. The number of nitrogens with zero attached hydrogens (tertiary/aromatic N) is 3. The van der Waals surface area contributed by atoms with Crippen molar-refractivity contribution in [1.82, 2.24) is 9.88 Å². The van der Waals surface area contributed by atoms with E-state index in [2.05, 4.69) is 16.0 Å². The van der Waals surface area contributed by atoms with E-state index in [1.807, 2.05) is 6.92 Å². The predicted octanol–water partition coefficient (Wildman–Crippen LogP) is 3.98. The lowest BCUT2D eigenvalue weighted by atomic mass is 10.0. The van der Waals surface area contributed by atoms with Crippen LogP contribution >= 0.6 is 11.3 Å². The first kappa shape index (κ1) is 17.9. The Morgan fingerprint density at radius 1 is 1.32 bits per heavy atom. The molecule has 132 valence electrons. The molecule has 0 radical (unpaired) electrons. The van der Waals surface area contributed by atoms with Gasteiger partial charge in [-0.05, 0) is 37.5 Å². The molecule has 1 atom stereocenters. The van der Waals surface area contributed by atoms with Gasteiger partial charge in [0.25, 0.3) is 0 Å². The van der Waals surface area contributed by atoms with Crippen LogP contribution in [0.1, 0.15) is 35.0 Å². The van der Waals surface area contributed by atoms with E-state index in [-0.39, 0.29) is 18.8 Å². The molecule has 4 nitrogen and oxygen atoms in total. The standard InChI is InChI=1S/C18H19F2N3OS/c1-12-18(25-11-22-12)17(9-21)23-4-2-16(3-5-23)24-10-13-6-14(19)8-15(20)7-13/h6-8,11,16-17H,2-5,10H2,1H3. The summed E-state index contributed by atoms with van der Waals surface area (Å²) in [6.07, 6.45) is 1.60. The zero-order valence-electron chi connectivity index (χ0n) is 13.9. The molecule has 0 amide bonds. The van der Waals surface area contributed by atoms with Gasteiger partial charge in [0, 0.05) is 19.2 Å². The maximum atomic E-state index is 13.2. The van der Waals surface area contributed by atoms with Crippen LogP contribution in [0.25, 0.3) is 0 Å². The van der Waals surface area contributed by atoms with Crippen molar-refractivity contribution in [2.45, 2.75) is 38.5 Å². The Bertz CT molecular complexity index is 746. The molecule has 25 heavy (non-hydrogen) atoms. The molecule has 1 unspecified atom stereocenters. The minimum atomic E-state index is -0.592. The second kappa shape index (κ2) is 8.00. The largest absolute Gasteiger partial charge is 0.373 e. The Morgan fingerprint density at radius 3 is 2.56 bits per heavy atom. The zero-order valence-corrected chi connectivity index (χ0v) is 14.7. The van der Waals surface area contributed by atoms with Gasteiger partial charge in [0.2, 0.25) is 0 Å². The molecule has 1 aliphatic rings. The van der Waals surface area contributed by atoms with Crippen LogP contribution in [0, 0.1) is 29.9 Å². The van der Waals surface area contributed by atoms with Crippen LogP contribution in [0.5, 0.6) is 0 Å². The number of thiazole rings is 1. The maximum Gasteiger partial charge on any atom is 0.134 e. The number of rotatable bonds is 5. The minimum Gasteiger partial charge on any atom is -0.373 e. The topological polar surface area (TPSA) is 49.2 Å². The molecule has 0 aliphatic carbocycles. The molecule has 1 aromatic carbocycles. The Labute approximate surface area is 149 Å². The predicted molar refractivity (Wildman–Crippen MR) is 90.9 cm³/mol. The number of hydrogen-bond donors (Lipinski definition) is 0. The van der Waals surface area contributed by atoms with Crippen molar-refractivity contribution in [1.29, 1.82) is 5.26 Å². The first-order chi connectivity index (χ1) is 12.1. The molecule has 0 N–H and O–H groups in total. The van der Waals surface area contributed by atoms with Crippen LogP contribution in [0.4, 0.5) is 8.78 Å². The summed E-state index contributed by atoms with van der Waals surface area (Å²) in [5, 5.41) is 9.53. The van der Waals surface area contributed by atoms with E-state index in [0.29, 0.717) is 5.56 Å². The fourth-order valence-electron chi connectivity index (χ4n) is 3.09. The van der Waals surface area contributed by atoms with Gasteiger partial charge < -0.3 is 4.74 Å². The molecule has 7 heteroatoms. The number of benzene rings is 1. The van der Waals surface area contributed by atoms with E-state index in [1.54, 1.807) is 5.51 Å². The molecule has 1 aromatic heterocycles. The molecular weight excluding hydrogens is 344 g/mol. The van der Waals surface area contributed by atoms with Crippen LogP contribution in [0.2, 0.25) is 0 Å². The molecule has 0 bridgehead atoms. The summed E-state index contributed by atoms with van der Waals surface area (Å²) in [7, 11) is 0. The number of aryl methyl sites for hydroxylation is 1. The summed E-state index contributed by atoms with van der Waals surface area (Å²) < 4.78 is 32.2. The molecule has 1 saturated heterocycles. The van der Waals surface area contributed by atoms with Gasteiger partial charge in [0.1, 0.15) is 17.7 Å². The second-order valence-corrected chi connectivity index (χ2v) is 7.04. The van der Waals surface area contributed by atoms with Crippen molar-refractivity contribution in [2.75, 3.05) is 13.1 Å². The van der Waals surface area contributed by atoms with Gasteiger partial charge in [-0.3, -0.25) is 4.90 Å². The van der Waals surface area contributed by atoms with Gasteiger partial charge in [0.05, 0.1) is 34.9 Å². The highest BCUT2D eigenvalue weighted by molar-refractivity contribution is 7.09. The van der Waals surface area contributed by atoms with Crippen molar-refractivity contribution >= 4 is 11.3 Å². The molecule has 1 fully saturated rings. The SMILES string of the molecule is Cc1ncsc1C(C#N)N1CCC(OCc2cc(F)cc(F)c2)CC1. The molecule has 0 saturated carbocycles. The van der Waals surface area contributed by atoms with E-state index in [0.717, 1.165) is 42.6 Å². The fraction of sp³-hybridized carbons (Fsp3) is 0.444. The van der Waals surface area contributed by atoms with Gasteiger partial charge in [-0.2, -0.15) is 5.26 Å². The van der Waals surface area contributed by atoms with Crippen molar-refractivity contribution in [3.63, 3.8) is 0 Å². The molecule has 0 spiro atoms. The third-order valence-corrected chi connectivity index (χ3v) is 5.39. The number of piperidine rings is 1. The third kappa shape index (κ3) is 4.40. The molecular formula is C18H19F2N3OS. The van der Waals surface area contributed by atoms with Crippen LogP contribution in [-0.4, -0.2) is 29.1 Å². The summed E-state index contributed by atoms with van der Waals surface area (Å²) >= 11 is 1.51. The molecule has 2 heterocycles.